The molecule has 400 valence electrons. The summed E-state index contributed by atoms with van der Waals surface area (Å²) in [5.41, 5.74) is 0. The largest absolute Gasteiger partial charge is 0.466 e. The number of amides is 1. The van der Waals surface area contributed by atoms with Crippen LogP contribution in [0.4, 0.5) is 0 Å². The Morgan fingerprint density at radius 2 is 0.612 bits per heavy atom. The van der Waals surface area contributed by atoms with Gasteiger partial charge >= 0.3 is 5.97 Å². The van der Waals surface area contributed by atoms with Crippen LogP contribution in [0.1, 0.15) is 354 Å². The Hall–Kier alpha value is -1.14. The maximum absolute atomic E-state index is 12.4. The number of ether oxygens (including phenoxy) is 1. The molecule has 2 atom stereocenters. The van der Waals surface area contributed by atoms with Crippen LogP contribution in [0.2, 0.25) is 0 Å². The third kappa shape index (κ3) is 54.0. The number of carbonyl (C=O) groups excluding carboxylic acids is 2. The monoisotopic (exact) mass is 948 g/mol. The molecule has 0 saturated heterocycles. The molecule has 0 saturated carbocycles. The van der Waals surface area contributed by atoms with Gasteiger partial charge in [-0.15, -0.1) is 0 Å². The zero-order chi connectivity index (χ0) is 48.6. The molecule has 0 aliphatic heterocycles. The van der Waals surface area contributed by atoms with Gasteiger partial charge in [-0.25, -0.2) is 0 Å². The molecule has 0 radical (unpaired) electrons. The average molecular weight is 949 g/mol. The van der Waals surface area contributed by atoms with Crippen LogP contribution in [0.15, 0.2) is 0 Å². The van der Waals surface area contributed by atoms with Crippen molar-refractivity contribution in [2.24, 2.45) is 0 Å². The highest BCUT2D eigenvalue weighted by Crippen LogP contribution is 2.18. The summed E-state index contributed by atoms with van der Waals surface area (Å²) in [6.45, 7) is 4.97. The summed E-state index contributed by atoms with van der Waals surface area (Å²) in [6, 6.07) is -0.536. The van der Waals surface area contributed by atoms with E-state index in [4.69, 9.17) is 4.74 Å². The van der Waals surface area contributed by atoms with Crippen LogP contribution in [0, 0.1) is 0 Å². The van der Waals surface area contributed by atoms with Crippen molar-refractivity contribution in [2.75, 3.05) is 13.2 Å². The van der Waals surface area contributed by atoms with Crippen molar-refractivity contribution in [1.29, 1.82) is 0 Å². The van der Waals surface area contributed by atoms with E-state index in [9.17, 15) is 19.8 Å². The molecule has 0 heterocycles. The summed E-state index contributed by atoms with van der Waals surface area (Å²) in [6.07, 6.45) is 67.0. The number of hydrogen-bond acceptors (Lipinski definition) is 5. The summed E-state index contributed by atoms with van der Waals surface area (Å²) >= 11 is 0. The van der Waals surface area contributed by atoms with E-state index in [0.717, 1.165) is 38.5 Å². The highest BCUT2D eigenvalue weighted by Gasteiger charge is 2.20. The normalized spacial score (nSPS) is 12.5. The van der Waals surface area contributed by atoms with Crippen LogP contribution in [0.3, 0.4) is 0 Å². The second kappa shape index (κ2) is 57.4. The smallest absolute Gasteiger partial charge is 0.305 e. The van der Waals surface area contributed by atoms with Crippen LogP contribution in [0.5, 0.6) is 0 Å². The summed E-state index contributed by atoms with van der Waals surface area (Å²) < 4.78 is 5.47. The van der Waals surface area contributed by atoms with Crippen LogP contribution >= 0.6 is 0 Å². The number of esters is 1. The molecule has 0 rings (SSSR count). The van der Waals surface area contributed by atoms with E-state index < -0.39 is 12.1 Å². The van der Waals surface area contributed by atoms with E-state index in [1.165, 1.54) is 283 Å². The zero-order valence-electron chi connectivity index (χ0n) is 45.7. The molecule has 0 fully saturated rings. The van der Waals surface area contributed by atoms with Crippen LogP contribution in [-0.2, 0) is 14.3 Å². The van der Waals surface area contributed by atoms with Crippen molar-refractivity contribution >= 4 is 11.9 Å². The van der Waals surface area contributed by atoms with E-state index in [-0.39, 0.29) is 18.5 Å². The van der Waals surface area contributed by atoms with Gasteiger partial charge in [-0.2, -0.15) is 0 Å². The van der Waals surface area contributed by atoms with E-state index in [0.29, 0.717) is 25.9 Å². The second-order valence-electron chi connectivity index (χ2n) is 21.4. The minimum atomic E-state index is -0.659. The van der Waals surface area contributed by atoms with Gasteiger partial charge in [-0.3, -0.25) is 9.59 Å². The molecule has 0 aromatic rings. The van der Waals surface area contributed by atoms with E-state index in [2.05, 4.69) is 19.2 Å². The molecule has 0 aliphatic carbocycles. The van der Waals surface area contributed by atoms with Gasteiger partial charge in [-0.1, -0.05) is 316 Å². The van der Waals surface area contributed by atoms with Crippen molar-refractivity contribution < 1.29 is 24.5 Å². The van der Waals surface area contributed by atoms with E-state index in [1.807, 2.05) is 0 Å². The van der Waals surface area contributed by atoms with Gasteiger partial charge in [-0.05, 0) is 25.7 Å². The average Bonchev–Trinajstić information content (AvgIpc) is 3.33. The molecule has 0 aromatic heterocycles. The van der Waals surface area contributed by atoms with Crippen LogP contribution < -0.4 is 5.32 Å². The number of carbonyl (C=O) groups is 2. The van der Waals surface area contributed by atoms with Gasteiger partial charge in [0.05, 0.1) is 25.4 Å². The lowest BCUT2D eigenvalue weighted by atomic mass is 10.0. The first-order valence-corrected chi connectivity index (χ1v) is 30.8. The topological polar surface area (TPSA) is 95.9 Å². The Bertz CT molecular complexity index is 959. The van der Waals surface area contributed by atoms with Gasteiger partial charge in [0.2, 0.25) is 5.91 Å². The maximum atomic E-state index is 12.4. The number of nitrogens with one attached hydrogen (secondary N) is 1. The number of rotatable bonds is 58. The summed E-state index contributed by atoms with van der Waals surface area (Å²) in [7, 11) is 0. The van der Waals surface area contributed by atoms with Crippen molar-refractivity contribution in [3.63, 3.8) is 0 Å². The first kappa shape index (κ1) is 65.9. The fourth-order valence-electron chi connectivity index (χ4n) is 9.94. The molecule has 2 unspecified atom stereocenters. The SMILES string of the molecule is CCCCCCCCCCCCCC(=O)OCCCCCCCCCCCCCCCCCCCCCCCCCCCCCCC(=O)NC(CO)C(O)CCCCCCCCCCCCC. The lowest BCUT2D eigenvalue weighted by Crippen LogP contribution is -2.45. The van der Waals surface area contributed by atoms with Crippen molar-refractivity contribution in [1.82, 2.24) is 5.32 Å². The number of hydrogen-bond donors (Lipinski definition) is 3. The fourth-order valence-corrected chi connectivity index (χ4v) is 9.94. The molecule has 3 N–H and O–H groups in total. The molecule has 0 aromatic carbocycles. The van der Waals surface area contributed by atoms with Gasteiger partial charge < -0.3 is 20.3 Å². The summed E-state index contributed by atoms with van der Waals surface area (Å²) in [5.74, 6) is -0.0117. The third-order valence-electron chi connectivity index (χ3n) is 14.7. The molecule has 67 heavy (non-hydrogen) atoms. The second-order valence-corrected chi connectivity index (χ2v) is 21.4. The highest BCUT2D eigenvalue weighted by atomic mass is 16.5. The van der Waals surface area contributed by atoms with Gasteiger partial charge in [0.15, 0.2) is 0 Å². The first-order valence-electron chi connectivity index (χ1n) is 30.8. The van der Waals surface area contributed by atoms with Gasteiger partial charge in [0.1, 0.15) is 0 Å². The van der Waals surface area contributed by atoms with Crippen LogP contribution in [0.25, 0.3) is 0 Å². The van der Waals surface area contributed by atoms with E-state index in [1.54, 1.807) is 0 Å². The fraction of sp³-hybridized carbons (Fsp3) is 0.967. The van der Waals surface area contributed by atoms with Crippen molar-refractivity contribution in [2.45, 2.75) is 366 Å². The minimum absolute atomic E-state index is 0.0191. The summed E-state index contributed by atoms with van der Waals surface area (Å²) in [4.78, 5) is 24.4. The third-order valence-corrected chi connectivity index (χ3v) is 14.7. The molecule has 0 bridgehead atoms. The lowest BCUT2D eigenvalue weighted by Gasteiger charge is -2.22. The Morgan fingerprint density at radius 3 is 0.910 bits per heavy atom. The van der Waals surface area contributed by atoms with Crippen molar-refractivity contribution in [3.05, 3.63) is 0 Å². The maximum Gasteiger partial charge on any atom is 0.305 e. The molecular formula is C61H121NO5. The van der Waals surface area contributed by atoms with Crippen molar-refractivity contribution in [3.8, 4) is 0 Å². The molecule has 1 amide bonds. The predicted molar refractivity (Wildman–Crippen MR) is 292 cm³/mol. The minimum Gasteiger partial charge on any atom is -0.466 e. The number of aliphatic hydroxyl groups excluding tert-OH is 2. The first-order chi connectivity index (χ1) is 33.0. The zero-order valence-corrected chi connectivity index (χ0v) is 45.7. The predicted octanol–water partition coefficient (Wildman–Crippen LogP) is 19.1. The Kier molecular flexibility index (Phi) is 56.5. The molecular weight excluding hydrogens is 827 g/mol. The highest BCUT2D eigenvalue weighted by molar-refractivity contribution is 5.76. The van der Waals surface area contributed by atoms with E-state index >= 15 is 0 Å². The Balaban J connectivity index is 3.31. The standard InChI is InChI=1S/C61H121NO5/c1-3-5-7-9-11-13-33-37-41-45-49-53-59(64)58(57-63)62-60(65)54-50-46-42-38-35-31-29-27-25-23-21-19-17-15-16-18-20-22-24-26-28-30-32-36-40-44-48-52-56-67-61(66)55-51-47-43-39-34-14-12-10-8-6-4-2/h58-59,63-64H,3-57H2,1-2H3,(H,62,65). The lowest BCUT2D eigenvalue weighted by molar-refractivity contribution is -0.143. The molecule has 0 aliphatic rings. The van der Waals surface area contributed by atoms with Gasteiger partial charge in [0.25, 0.3) is 0 Å². The molecule has 0 spiro atoms. The quantitative estimate of drug-likeness (QED) is 0.0417. The number of aliphatic hydroxyl groups is 2. The number of unbranched alkanes of at least 4 members (excludes halogenated alkanes) is 47. The van der Waals surface area contributed by atoms with Crippen LogP contribution in [-0.4, -0.2) is 47.4 Å². The summed E-state index contributed by atoms with van der Waals surface area (Å²) in [5, 5.41) is 23.2. The Morgan fingerprint density at radius 1 is 0.358 bits per heavy atom. The van der Waals surface area contributed by atoms with Gasteiger partial charge in [0, 0.05) is 12.8 Å². The molecule has 6 heteroatoms. The molecule has 6 nitrogen and oxygen atoms in total. The Labute approximate surface area is 419 Å².